The van der Waals surface area contributed by atoms with Gasteiger partial charge in [-0.25, -0.2) is 0 Å². The van der Waals surface area contributed by atoms with Gasteiger partial charge in [0.1, 0.15) is 0 Å². The quantitative estimate of drug-likeness (QED) is 0.667. The van der Waals surface area contributed by atoms with Gasteiger partial charge in [-0.3, -0.25) is 9.78 Å². The van der Waals surface area contributed by atoms with Crippen molar-refractivity contribution in [2.75, 3.05) is 13.6 Å². The number of hydrogen-bond acceptors (Lipinski definition) is 3. The highest BCUT2D eigenvalue weighted by atomic mass is 16.2. The van der Waals surface area contributed by atoms with E-state index in [0.29, 0.717) is 6.54 Å². The number of amides is 1. The van der Waals surface area contributed by atoms with E-state index in [4.69, 9.17) is 0 Å². The number of rotatable bonds is 4. The van der Waals surface area contributed by atoms with Gasteiger partial charge in [0.2, 0.25) is 5.91 Å². The Balaban J connectivity index is 0.00000272. The Bertz CT molecular complexity index is 1060. The molecule has 3 aromatic rings. The molecule has 0 spiro atoms. The van der Waals surface area contributed by atoms with Crippen LogP contribution in [0.3, 0.4) is 0 Å². The van der Waals surface area contributed by atoms with Gasteiger partial charge in [0.25, 0.3) is 0 Å². The molecule has 0 fully saturated rings. The van der Waals surface area contributed by atoms with E-state index in [1.807, 2.05) is 32.9 Å². The minimum absolute atomic E-state index is 0. The Labute approximate surface area is 186 Å². The minimum atomic E-state index is -0.277. The average Bonchev–Trinajstić information content (AvgIpc) is 2.97. The number of benzene rings is 1. The van der Waals surface area contributed by atoms with Crippen molar-refractivity contribution in [3.05, 3.63) is 65.1 Å². The first kappa shape index (κ1) is 23.0. The molecule has 2 aromatic heterocycles. The van der Waals surface area contributed by atoms with Crippen LogP contribution >= 0.6 is 0 Å². The lowest BCUT2D eigenvalue weighted by molar-refractivity contribution is -0.124. The zero-order valence-electron chi connectivity index (χ0n) is 18.7. The highest BCUT2D eigenvalue weighted by Crippen LogP contribution is 2.33. The van der Waals surface area contributed by atoms with Crippen LogP contribution in [-0.2, 0) is 24.3 Å². The molecule has 0 radical (unpaired) electrons. The van der Waals surface area contributed by atoms with Gasteiger partial charge in [0.05, 0.1) is 5.92 Å². The largest absolute Gasteiger partial charge is 0.351 e. The first-order chi connectivity index (χ1) is 14.2. The average molecular weight is 421 g/mol. The molecule has 1 aromatic carbocycles. The maximum Gasteiger partial charge on any atom is 0.229 e. The van der Waals surface area contributed by atoms with Crippen LogP contribution < -0.4 is 5.32 Å². The molecule has 166 valence electrons. The van der Waals surface area contributed by atoms with Crippen molar-refractivity contribution in [3.8, 4) is 0 Å². The third-order valence-corrected chi connectivity index (χ3v) is 5.89. The summed E-state index contributed by atoms with van der Waals surface area (Å²) in [6, 6.07) is 10.6. The fourth-order valence-corrected chi connectivity index (χ4v) is 4.48. The van der Waals surface area contributed by atoms with E-state index in [1.165, 1.54) is 27.7 Å². The Morgan fingerprint density at radius 1 is 1.19 bits per heavy atom. The summed E-state index contributed by atoms with van der Waals surface area (Å²) >= 11 is 0. The van der Waals surface area contributed by atoms with E-state index in [-0.39, 0.29) is 24.8 Å². The summed E-state index contributed by atoms with van der Waals surface area (Å²) < 4.78 is 2.39. The summed E-state index contributed by atoms with van der Waals surface area (Å²) in [6.07, 6.45) is 4.55. The second-order valence-electron chi connectivity index (χ2n) is 9.62. The molecule has 5 heteroatoms. The molecule has 4 rings (SSSR count). The molecule has 0 saturated heterocycles. The second-order valence-corrected chi connectivity index (χ2v) is 9.62. The molecule has 5 nitrogen and oxygen atoms in total. The SMILES string of the molecule is C.Cc1ccc2c(c1)c1c(n2CC(C(=O)NC(C)(C)C)c2ccncc2)CCN(C)C1. The van der Waals surface area contributed by atoms with Crippen molar-refractivity contribution >= 4 is 16.8 Å². The third-order valence-electron chi connectivity index (χ3n) is 5.89. The van der Waals surface area contributed by atoms with Crippen LogP contribution in [-0.4, -0.2) is 39.5 Å². The highest BCUT2D eigenvalue weighted by Gasteiger charge is 2.29. The molecule has 3 heterocycles. The van der Waals surface area contributed by atoms with Gasteiger partial charge >= 0.3 is 0 Å². The lowest BCUT2D eigenvalue weighted by Crippen LogP contribution is -2.44. The number of carbonyl (C=O) groups excluding carboxylic acids is 1. The summed E-state index contributed by atoms with van der Waals surface area (Å²) in [4.78, 5) is 19.9. The zero-order valence-corrected chi connectivity index (χ0v) is 18.7. The predicted octanol–water partition coefficient (Wildman–Crippen LogP) is 4.67. The van der Waals surface area contributed by atoms with Crippen molar-refractivity contribution < 1.29 is 4.79 Å². The van der Waals surface area contributed by atoms with E-state index < -0.39 is 0 Å². The van der Waals surface area contributed by atoms with Crippen molar-refractivity contribution in [2.45, 2.75) is 66.1 Å². The number of pyridine rings is 1. The van der Waals surface area contributed by atoms with Gasteiger partial charge in [-0.1, -0.05) is 19.1 Å². The molecule has 1 unspecified atom stereocenters. The van der Waals surface area contributed by atoms with E-state index in [2.05, 4.69) is 51.9 Å². The molecule has 1 aliphatic rings. The molecular formula is C26H36N4O. The lowest BCUT2D eigenvalue weighted by Gasteiger charge is -2.28. The molecule has 0 saturated carbocycles. The standard InChI is InChI=1S/C25H32N4O.CH4/c1-17-6-7-22-19(14-17)21-15-28(5)13-10-23(21)29(22)16-20(18-8-11-26-12-9-18)24(30)27-25(2,3)4;/h6-9,11-12,14,20H,10,13,15-16H2,1-5H3,(H,27,30);1H4. The normalized spacial score (nSPS) is 15.3. The van der Waals surface area contributed by atoms with Gasteiger partial charge in [-0.15, -0.1) is 0 Å². The summed E-state index contributed by atoms with van der Waals surface area (Å²) in [6.45, 7) is 10.9. The van der Waals surface area contributed by atoms with Crippen LogP contribution in [0.4, 0.5) is 0 Å². The Kier molecular flexibility index (Phi) is 6.56. The molecule has 1 amide bonds. The minimum Gasteiger partial charge on any atom is -0.351 e. The van der Waals surface area contributed by atoms with Crippen LogP contribution in [0.25, 0.3) is 10.9 Å². The maximum atomic E-state index is 13.3. The summed E-state index contributed by atoms with van der Waals surface area (Å²) in [7, 11) is 2.18. The molecular weight excluding hydrogens is 384 g/mol. The van der Waals surface area contributed by atoms with Crippen LogP contribution in [0.5, 0.6) is 0 Å². The van der Waals surface area contributed by atoms with E-state index in [1.54, 1.807) is 12.4 Å². The van der Waals surface area contributed by atoms with Crippen molar-refractivity contribution in [3.63, 3.8) is 0 Å². The summed E-state index contributed by atoms with van der Waals surface area (Å²) in [5.41, 5.74) is 6.00. The predicted molar refractivity (Wildman–Crippen MR) is 128 cm³/mol. The number of likely N-dealkylation sites (N-methyl/N-ethyl adjacent to an activating group) is 1. The molecule has 1 N–H and O–H groups in total. The van der Waals surface area contributed by atoms with Crippen LogP contribution in [0, 0.1) is 6.92 Å². The molecule has 31 heavy (non-hydrogen) atoms. The molecule has 1 atom stereocenters. The van der Waals surface area contributed by atoms with Crippen LogP contribution in [0.1, 0.15) is 56.5 Å². The maximum absolute atomic E-state index is 13.3. The number of nitrogens with one attached hydrogen (secondary N) is 1. The van der Waals surface area contributed by atoms with Crippen molar-refractivity contribution in [2.24, 2.45) is 0 Å². The fraction of sp³-hybridized carbons (Fsp3) is 0.462. The Morgan fingerprint density at radius 2 is 1.90 bits per heavy atom. The van der Waals surface area contributed by atoms with Crippen LogP contribution in [0.2, 0.25) is 0 Å². The molecule has 1 aliphatic heterocycles. The van der Waals surface area contributed by atoms with Gasteiger partial charge in [-0.05, 0) is 70.1 Å². The monoisotopic (exact) mass is 420 g/mol. The number of aromatic nitrogens is 2. The Morgan fingerprint density at radius 3 is 2.58 bits per heavy atom. The van der Waals surface area contributed by atoms with E-state index in [0.717, 1.165) is 25.1 Å². The first-order valence-corrected chi connectivity index (χ1v) is 10.7. The highest BCUT2D eigenvalue weighted by molar-refractivity contribution is 5.88. The fourth-order valence-electron chi connectivity index (χ4n) is 4.48. The van der Waals surface area contributed by atoms with Gasteiger partial charge in [-0.2, -0.15) is 0 Å². The Hall–Kier alpha value is -2.66. The van der Waals surface area contributed by atoms with Gasteiger partial charge < -0.3 is 14.8 Å². The zero-order chi connectivity index (χ0) is 21.5. The number of nitrogens with zero attached hydrogens (tertiary/aromatic N) is 3. The number of hydrogen-bond donors (Lipinski definition) is 1. The number of fused-ring (bicyclic) bond motifs is 3. The third kappa shape index (κ3) is 4.82. The second kappa shape index (κ2) is 8.83. The smallest absolute Gasteiger partial charge is 0.229 e. The van der Waals surface area contributed by atoms with Gasteiger partial charge in [0, 0.05) is 60.6 Å². The van der Waals surface area contributed by atoms with E-state index in [9.17, 15) is 4.79 Å². The lowest BCUT2D eigenvalue weighted by atomic mass is 9.97. The topological polar surface area (TPSA) is 50.2 Å². The summed E-state index contributed by atoms with van der Waals surface area (Å²) in [5.74, 6) is -0.211. The summed E-state index contributed by atoms with van der Waals surface area (Å²) in [5, 5.41) is 4.51. The van der Waals surface area contributed by atoms with Crippen molar-refractivity contribution in [1.29, 1.82) is 0 Å². The molecule has 0 aliphatic carbocycles. The molecule has 0 bridgehead atoms. The van der Waals surface area contributed by atoms with Crippen LogP contribution in [0.15, 0.2) is 42.7 Å². The first-order valence-electron chi connectivity index (χ1n) is 10.7. The van der Waals surface area contributed by atoms with Gasteiger partial charge in [0.15, 0.2) is 0 Å². The van der Waals surface area contributed by atoms with E-state index >= 15 is 0 Å². The van der Waals surface area contributed by atoms with Crippen molar-refractivity contribution in [1.82, 2.24) is 19.8 Å². The number of aryl methyl sites for hydroxylation is 1. The number of carbonyl (C=O) groups is 1.